The molecule has 1 aromatic carbocycles. The number of carbonyl (C=O) groups is 1. The van der Waals surface area contributed by atoms with Gasteiger partial charge in [0, 0.05) is 0 Å². The third kappa shape index (κ3) is 2.89. The first kappa shape index (κ1) is 10.8. The van der Waals surface area contributed by atoms with Crippen molar-refractivity contribution in [3.8, 4) is 0 Å². The van der Waals surface area contributed by atoms with E-state index in [0.29, 0.717) is 11.9 Å². The maximum Gasteiger partial charge on any atom is 0.322 e. The Labute approximate surface area is 84.7 Å². The number of ether oxygens (including phenoxy) is 1. The predicted octanol–water partition coefficient (Wildman–Crippen LogP) is -0.477. The van der Waals surface area contributed by atoms with Crippen LogP contribution in [0, 0.1) is 0 Å². The number of esters is 1. The van der Waals surface area contributed by atoms with Crippen molar-refractivity contribution < 1.29 is 9.53 Å². The van der Waals surface area contributed by atoms with Gasteiger partial charge in [-0.15, -0.1) is 0 Å². The molecule has 0 saturated heterocycles. The first-order valence-electron chi connectivity index (χ1n) is 4.31. The van der Waals surface area contributed by atoms with Crippen molar-refractivity contribution in [2.45, 2.75) is 12.5 Å². The summed E-state index contributed by atoms with van der Waals surface area (Å²) in [5, 5.41) is 0. The fourth-order valence-corrected chi connectivity index (χ4v) is 1.14. The van der Waals surface area contributed by atoms with E-state index in [-0.39, 0.29) is 0 Å². The Hall–Kier alpha value is -1.29. The Morgan fingerprint density at radius 2 is 2.07 bits per heavy atom. The van der Waals surface area contributed by atoms with Crippen LogP contribution in [0.25, 0.3) is 0 Å². The SMILES string of the molecule is [B]c1ccc(C[C@H](N)C(=O)OC)cc1. The quantitative estimate of drug-likeness (QED) is 0.516. The minimum absolute atomic E-state index is 0.401. The molecule has 3 nitrogen and oxygen atoms in total. The highest BCUT2D eigenvalue weighted by molar-refractivity contribution is 6.32. The summed E-state index contributed by atoms with van der Waals surface area (Å²) in [6.45, 7) is 0. The van der Waals surface area contributed by atoms with E-state index in [9.17, 15) is 4.79 Å². The first-order valence-corrected chi connectivity index (χ1v) is 4.31. The molecule has 0 aliphatic rings. The lowest BCUT2D eigenvalue weighted by molar-refractivity contribution is -0.142. The second-order valence-corrected chi connectivity index (χ2v) is 3.08. The smallest absolute Gasteiger partial charge is 0.322 e. The molecule has 0 saturated carbocycles. The maximum atomic E-state index is 11.0. The second kappa shape index (κ2) is 4.81. The molecule has 0 fully saturated rings. The molecule has 1 atom stereocenters. The van der Waals surface area contributed by atoms with Crippen LogP contribution < -0.4 is 11.2 Å². The fourth-order valence-electron chi connectivity index (χ4n) is 1.14. The summed E-state index contributed by atoms with van der Waals surface area (Å²) in [6.07, 6.45) is 0.465. The largest absolute Gasteiger partial charge is 0.468 e. The summed E-state index contributed by atoms with van der Waals surface area (Å²) in [4.78, 5) is 11.0. The highest BCUT2D eigenvalue weighted by Gasteiger charge is 2.13. The molecule has 0 unspecified atom stereocenters. The Bertz CT molecular complexity index is 310. The van der Waals surface area contributed by atoms with Crippen molar-refractivity contribution in [3.63, 3.8) is 0 Å². The summed E-state index contributed by atoms with van der Waals surface area (Å²) in [6, 6.07) is 6.64. The van der Waals surface area contributed by atoms with Crippen molar-refractivity contribution in [1.29, 1.82) is 0 Å². The molecule has 4 heteroatoms. The normalized spacial score (nSPS) is 12.1. The van der Waals surface area contributed by atoms with Crippen molar-refractivity contribution >= 4 is 19.3 Å². The van der Waals surface area contributed by atoms with Gasteiger partial charge in [-0.2, -0.15) is 0 Å². The molecule has 1 rings (SSSR count). The molecule has 0 amide bonds. The van der Waals surface area contributed by atoms with Gasteiger partial charge in [0.1, 0.15) is 13.9 Å². The standard InChI is InChI=1S/C10H12BNO2/c1-14-10(13)9(12)6-7-2-4-8(11)5-3-7/h2-5,9H,6,12H2,1H3/t9-/m0/s1. The van der Waals surface area contributed by atoms with Crippen molar-refractivity contribution in [1.82, 2.24) is 0 Å². The van der Waals surface area contributed by atoms with Crippen molar-refractivity contribution in [2.24, 2.45) is 5.73 Å². The second-order valence-electron chi connectivity index (χ2n) is 3.08. The van der Waals surface area contributed by atoms with Crippen LogP contribution in [-0.4, -0.2) is 27.0 Å². The molecule has 14 heavy (non-hydrogen) atoms. The molecule has 0 spiro atoms. The van der Waals surface area contributed by atoms with Crippen LogP contribution in [0.1, 0.15) is 5.56 Å². The molecular weight excluding hydrogens is 177 g/mol. The molecule has 72 valence electrons. The molecule has 1 aromatic rings. The third-order valence-corrected chi connectivity index (χ3v) is 1.94. The first-order chi connectivity index (χ1) is 6.63. The Balaban J connectivity index is 2.60. The Morgan fingerprint density at radius 3 is 2.57 bits per heavy atom. The number of hydrogen-bond donors (Lipinski definition) is 1. The van der Waals surface area contributed by atoms with E-state index in [4.69, 9.17) is 13.6 Å². The van der Waals surface area contributed by atoms with Crippen molar-refractivity contribution in [2.75, 3.05) is 7.11 Å². The zero-order valence-electron chi connectivity index (χ0n) is 8.07. The Morgan fingerprint density at radius 1 is 1.50 bits per heavy atom. The maximum absolute atomic E-state index is 11.0. The van der Waals surface area contributed by atoms with E-state index < -0.39 is 12.0 Å². The van der Waals surface area contributed by atoms with Gasteiger partial charge >= 0.3 is 5.97 Å². The summed E-state index contributed by atoms with van der Waals surface area (Å²) in [5.41, 5.74) is 7.26. The third-order valence-electron chi connectivity index (χ3n) is 1.94. The summed E-state index contributed by atoms with van der Waals surface area (Å²) in [7, 11) is 6.85. The lowest BCUT2D eigenvalue weighted by Crippen LogP contribution is -2.33. The summed E-state index contributed by atoms with van der Waals surface area (Å²) in [5.74, 6) is -0.401. The molecule has 0 aliphatic heterocycles. The summed E-state index contributed by atoms with van der Waals surface area (Å²) >= 11 is 0. The highest BCUT2D eigenvalue weighted by Crippen LogP contribution is 2.01. The van der Waals surface area contributed by atoms with Gasteiger partial charge in [0.15, 0.2) is 0 Å². The molecule has 2 radical (unpaired) electrons. The van der Waals surface area contributed by atoms with E-state index in [0.717, 1.165) is 5.56 Å². The minimum atomic E-state index is -0.608. The lowest BCUT2D eigenvalue weighted by atomic mass is 9.94. The van der Waals surface area contributed by atoms with Crippen LogP contribution in [-0.2, 0) is 16.0 Å². The van der Waals surface area contributed by atoms with Gasteiger partial charge in [-0.3, -0.25) is 4.79 Å². The number of rotatable bonds is 3. The van der Waals surface area contributed by atoms with E-state index in [1.54, 1.807) is 12.1 Å². The van der Waals surface area contributed by atoms with Crippen LogP contribution in [0.3, 0.4) is 0 Å². The molecule has 2 N–H and O–H groups in total. The number of benzene rings is 1. The van der Waals surface area contributed by atoms with Crippen LogP contribution in [0.4, 0.5) is 0 Å². The fraction of sp³-hybridized carbons (Fsp3) is 0.300. The average molecular weight is 189 g/mol. The van der Waals surface area contributed by atoms with Crippen LogP contribution in [0.5, 0.6) is 0 Å². The minimum Gasteiger partial charge on any atom is -0.468 e. The van der Waals surface area contributed by atoms with Gasteiger partial charge in [0.2, 0.25) is 0 Å². The van der Waals surface area contributed by atoms with Gasteiger partial charge < -0.3 is 10.5 Å². The summed E-state index contributed by atoms with van der Waals surface area (Å²) < 4.78 is 4.52. The predicted molar refractivity (Wildman–Crippen MR) is 55.5 cm³/mol. The number of carbonyl (C=O) groups excluding carboxylic acids is 1. The van der Waals surface area contributed by atoms with Gasteiger partial charge in [-0.1, -0.05) is 29.7 Å². The van der Waals surface area contributed by atoms with Crippen LogP contribution in [0.15, 0.2) is 24.3 Å². The topological polar surface area (TPSA) is 52.3 Å². The Kier molecular flexibility index (Phi) is 3.71. The monoisotopic (exact) mass is 189 g/mol. The van der Waals surface area contributed by atoms with Gasteiger partial charge in [0.25, 0.3) is 0 Å². The van der Waals surface area contributed by atoms with E-state index in [1.165, 1.54) is 7.11 Å². The van der Waals surface area contributed by atoms with Gasteiger partial charge in [-0.25, -0.2) is 0 Å². The van der Waals surface area contributed by atoms with Gasteiger partial charge in [-0.05, 0) is 12.0 Å². The van der Waals surface area contributed by atoms with Gasteiger partial charge in [0.05, 0.1) is 7.11 Å². The van der Waals surface area contributed by atoms with E-state index in [1.807, 2.05) is 12.1 Å². The van der Waals surface area contributed by atoms with Crippen molar-refractivity contribution in [3.05, 3.63) is 29.8 Å². The zero-order valence-corrected chi connectivity index (χ0v) is 8.07. The lowest BCUT2D eigenvalue weighted by Gasteiger charge is -2.08. The molecular formula is C10H12BNO2. The molecule has 0 bridgehead atoms. The molecule has 0 aromatic heterocycles. The molecule has 0 heterocycles. The average Bonchev–Trinajstić information content (AvgIpc) is 2.20. The number of nitrogens with two attached hydrogens (primary N) is 1. The van der Waals surface area contributed by atoms with Crippen LogP contribution >= 0.6 is 0 Å². The number of methoxy groups -OCH3 is 1. The zero-order chi connectivity index (χ0) is 10.6. The van der Waals surface area contributed by atoms with E-state index >= 15 is 0 Å². The highest BCUT2D eigenvalue weighted by atomic mass is 16.5. The van der Waals surface area contributed by atoms with Crippen LogP contribution in [0.2, 0.25) is 0 Å². The molecule has 0 aliphatic carbocycles. The number of hydrogen-bond acceptors (Lipinski definition) is 3. The van der Waals surface area contributed by atoms with E-state index in [2.05, 4.69) is 4.74 Å².